The summed E-state index contributed by atoms with van der Waals surface area (Å²) in [5.41, 5.74) is 2.17. The summed E-state index contributed by atoms with van der Waals surface area (Å²) in [6, 6.07) is 13.3. The number of aromatic nitrogens is 2. The number of allylic oxidation sites excluding steroid dienone is 1. The molecule has 1 aromatic heterocycles. The summed E-state index contributed by atoms with van der Waals surface area (Å²) < 4.78 is 7.01. The van der Waals surface area contributed by atoms with Crippen LogP contribution in [-0.2, 0) is 13.1 Å². The van der Waals surface area contributed by atoms with Gasteiger partial charge in [-0.3, -0.25) is 19.1 Å². The molecule has 3 aromatic rings. The average molecular weight is 465 g/mol. The van der Waals surface area contributed by atoms with Crippen molar-refractivity contribution in [1.29, 1.82) is 0 Å². The molecule has 2 aromatic carbocycles. The lowest BCUT2D eigenvalue weighted by Gasteiger charge is -2.22. The second-order valence-electron chi connectivity index (χ2n) is 8.16. The quantitative estimate of drug-likeness (QED) is 0.446. The molecule has 8 heteroatoms. The topological polar surface area (TPSA) is 70.6 Å². The molecule has 0 atom stereocenters. The predicted octanol–water partition coefficient (Wildman–Crippen LogP) is 3.60. The maximum Gasteiger partial charge on any atom is 0.262 e. The van der Waals surface area contributed by atoms with Crippen molar-refractivity contribution >= 4 is 29.0 Å². The molecular weight excluding hydrogens is 436 g/mol. The Bertz CT molecular complexity index is 1280. The number of nitrogens with one attached hydrogen (secondary N) is 1. The van der Waals surface area contributed by atoms with E-state index in [1.165, 1.54) is 10.1 Å². The first-order chi connectivity index (χ1) is 16.0. The summed E-state index contributed by atoms with van der Waals surface area (Å²) in [7, 11) is 1.66. The number of hydrogen-bond acceptors (Lipinski definition) is 5. The molecule has 0 spiro atoms. The van der Waals surface area contributed by atoms with Crippen LogP contribution in [-0.4, -0.2) is 58.5 Å². The first-order valence-corrected chi connectivity index (χ1v) is 11.4. The van der Waals surface area contributed by atoms with E-state index in [1.807, 2.05) is 17.0 Å². The van der Waals surface area contributed by atoms with Crippen LogP contribution in [0.25, 0.3) is 10.9 Å². The van der Waals surface area contributed by atoms with Crippen molar-refractivity contribution in [3.63, 3.8) is 0 Å². The molecule has 0 aliphatic carbocycles. The summed E-state index contributed by atoms with van der Waals surface area (Å²) in [5, 5.41) is 0.503. The van der Waals surface area contributed by atoms with Crippen LogP contribution in [0.5, 0.6) is 5.75 Å². The predicted molar refractivity (Wildman–Crippen MR) is 132 cm³/mol. The van der Waals surface area contributed by atoms with Crippen molar-refractivity contribution in [3.8, 4) is 5.75 Å². The summed E-state index contributed by atoms with van der Waals surface area (Å²) in [4.78, 5) is 33.3. The van der Waals surface area contributed by atoms with E-state index in [4.69, 9.17) is 17.0 Å². The van der Waals surface area contributed by atoms with Crippen LogP contribution < -0.4 is 10.3 Å². The van der Waals surface area contributed by atoms with E-state index in [9.17, 15) is 9.59 Å². The molecule has 2 heterocycles. The molecular formula is C25H28N4O3S. The van der Waals surface area contributed by atoms with Crippen LogP contribution in [0.15, 0.2) is 59.9 Å². The number of benzene rings is 2. The van der Waals surface area contributed by atoms with Crippen LogP contribution >= 0.6 is 12.2 Å². The molecule has 0 radical (unpaired) electrons. The van der Waals surface area contributed by atoms with Crippen LogP contribution in [0.3, 0.4) is 0 Å². The van der Waals surface area contributed by atoms with Gasteiger partial charge in [0, 0.05) is 44.8 Å². The van der Waals surface area contributed by atoms with Gasteiger partial charge in [-0.1, -0.05) is 18.2 Å². The number of amides is 1. The van der Waals surface area contributed by atoms with Gasteiger partial charge in [-0.25, -0.2) is 0 Å². The molecule has 1 N–H and O–H groups in total. The van der Waals surface area contributed by atoms with Crippen LogP contribution in [0.4, 0.5) is 0 Å². The Morgan fingerprint density at radius 1 is 1.15 bits per heavy atom. The Labute approximate surface area is 197 Å². The summed E-state index contributed by atoms with van der Waals surface area (Å²) in [6.45, 7) is 7.95. The second-order valence-corrected chi connectivity index (χ2v) is 8.55. The van der Waals surface area contributed by atoms with E-state index in [1.54, 1.807) is 31.4 Å². The molecule has 0 bridgehead atoms. The monoisotopic (exact) mass is 464 g/mol. The Morgan fingerprint density at radius 3 is 2.67 bits per heavy atom. The first-order valence-electron chi connectivity index (χ1n) is 11.0. The molecule has 4 rings (SSSR count). The fraction of sp³-hybridized carbons (Fsp3) is 0.320. The standard InChI is InChI=1S/C25H28N4O3S/c1-3-11-29-24(31)21-10-7-19(16-22(21)26-25(29)33)23(30)28-13-4-12-27(14-15-28)17-18-5-8-20(32-2)9-6-18/h3,5-10,16H,1,4,11-15,17H2,2H3,(H,26,33). The van der Waals surface area contributed by atoms with Crippen LogP contribution in [0.1, 0.15) is 22.3 Å². The Kier molecular flexibility index (Phi) is 7.05. The van der Waals surface area contributed by atoms with Crippen molar-refractivity contribution in [2.45, 2.75) is 19.5 Å². The van der Waals surface area contributed by atoms with Crippen molar-refractivity contribution in [1.82, 2.24) is 19.4 Å². The number of rotatable bonds is 6. The lowest BCUT2D eigenvalue weighted by molar-refractivity contribution is 0.0761. The molecule has 1 saturated heterocycles. The van der Waals surface area contributed by atoms with Crippen molar-refractivity contribution in [2.75, 3.05) is 33.3 Å². The number of nitrogens with zero attached hydrogens (tertiary/aromatic N) is 3. The number of carbonyl (C=O) groups is 1. The summed E-state index contributed by atoms with van der Waals surface area (Å²) in [5.74, 6) is 0.819. The average Bonchev–Trinajstić information content (AvgIpc) is 3.07. The molecule has 1 fully saturated rings. The van der Waals surface area contributed by atoms with Gasteiger partial charge in [0.2, 0.25) is 0 Å². The van der Waals surface area contributed by atoms with Crippen molar-refractivity contribution < 1.29 is 9.53 Å². The number of carbonyl (C=O) groups excluding carboxylic acids is 1. The van der Waals surface area contributed by atoms with Crippen LogP contribution in [0, 0.1) is 4.77 Å². The summed E-state index contributed by atoms with van der Waals surface area (Å²) in [6.07, 6.45) is 2.54. The Morgan fingerprint density at radius 2 is 1.94 bits per heavy atom. The molecule has 0 saturated carbocycles. The Balaban J connectivity index is 1.47. The third-order valence-corrected chi connectivity index (χ3v) is 6.30. The lowest BCUT2D eigenvalue weighted by atomic mass is 10.1. The number of hydrogen-bond donors (Lipinski definition) is 1. The molecule has 1 aliphatic heterocycles. The third-order valence-electron chi connectivity index (χ3n) is 5.98. The smallest absolute Gasteiger partial charge is 0.262 e. The van der Waals surface area contributed by atoms with E-state index in [0.29, 0.717) is 40.9 Å². The largest absolute Gasteiger partial charge is 0.497 e. The molecule has 1 aliphatic rings. The highest BCUT2D eigenvalue weighted by atomic mass is 32.1. The minimum absolute atomic E-state index is 0.0298. The zero-order valence-corrected chi connectivity index (χ0v) is 19.6. The third kappa shape index (κ3) is 5.07. The van der Waals surface area contributed by atoms with Crippen molar-refractivity contribution in [3.05, 3.63) is 81.4 Å². The number of aromatic amines is 1. The fourth-order valence-corrected chi connectivity index (χ4v) is 4.45. The number of H-pyrrole nitrogens is 1. The Hall–Kier alpha value is -3.23. The molecule has 0 unspecified atom stereocenters. The minimum atomic E-state index is -0.184. The van der Waals surface area contributed by atoms with E-state index < -0.39 is 0 Å². The van der Waals surface area contributed by atoms with Gasteiger partial charge in [0.25, 0.3) is 11.5 Å². The van der Waals surface area contributed by atoms with Gasteiger partial charge in [0.15, 0.2) is 4.77 Å². The zero-order chi connectivity index (χ0) is 23.4. The normalized spacial score (nSPS) is 14.8. The minimum Gasteiger partial charge on any atom is -0.497 e. The first kappa shape index (κ1) is 22.9. The van der Waals surface area contributed by atoms with Gasteiger partial charge in [-0.15, -0.1) is 6.58 Å². The van der Waals surface area contributed by atoms with Crippen molar-refractivity contribution in [2.24, 2.45) is 0 Å². The second kappa shape index (κ2) is 10.1. The highest BCUT2D eigenvalue weighted by molar-refractivity contribution is 7.71. The van der Waals surface area contributed by atoms with Gasteiger partial charge in [-0.05, 0) is 54.5 Å². The van der Waals surface area contributed by atoms with Gasteiger partial charge < -0.3 is 14.6 Å². The number of ether oxygens (including phenoxy) is 1. The maximum absolute atomic E-state index is 13.2. The molecule has 172 valence electrons. The fourth-order valence-electron chi connectivity index (χ4n) is 4.19. The zero-order valence-electron chi connectivity index (χ0n) is 18.8. The van der Waals surface area contributed by atoms with E-state index in [-0.39, 0.29) is 11.5 Å². The van der Waals surface area contributed by atoms with E-state index in [2.05, 4.69) is 28.6 Å². The number of methoxy groups -OCH3 is 1. The SMILES string of the molecule is C=CCn1c(=S)[nH]c2cc(C(=O)N3CCCN(Cc4ccc(OC)cc4)CC3)ccc2c1=O. The maximum atomic E-state index is 13.2. The lowest BCUT2D eigenvalue weighted by Crippen LogP contribution is -2.35. The van der Waals surface area contributed by atoms with Crippen LogP contribution in [0.2, 0.25) is 0 Å². The molecule has 7 nitrogen and oxygen atoms in total. The van der Waals surface area contributed by atoms with E-state index >= 15 is 0 Å². The van der Waals surface area contributed by atoms with E-state index in [0.717, 1.165) is 31.8 Å². The number of fused-ring (bicyclic) bond motifs is 1. The summed E-state index contributed by atoms with van der Waals surface area (Å²) >= 11 is 5.32. The van der Waals surface area contributed by atoms with Gasteiger partial charge >= 0.3 is 0 Å². The highest BCUT2D eigenvalue weighted by Crippen LogP contribution is 2.17. The van der Waals surface area contributed by atoms with Gasteiger partial charge in [0.05, 0.1) is 18.0 Å². The molecule has 1 amide bonds. The van der Waals surface area contributed by atoms with Gasteiger partial charge in [-0.2, -0.15) is 0 Å². The highest BCUT2D eigenvalue weighted by Gasteiger charge is 2.21. The molecule has 33 heavy (non-hydrogen) atoms. The van der Waals surface area contributed by atoms with Gasteiger partial charge in [0.1, 0.15) is 5.75 Å².